The van der Waals surface area contributed by atoms with Crippen molar-refractivity contribution in [3.63, 3.8) is 0 Å². The topological polar surface area (TPSA) is 51.1 Å². The van der Waals surface area contributed by atoms with Crippen molar-refractivity contribution in [2.24, 2.45) is 7.05 Å². The van der Waals surface area contributed by atoms with E-state index in [0.717, 1.165) is 22.0 Å². The third-order valence-electron chi connectivity index (χ3n) is 4.11. The van der Waals surface area contributed by atoms with Gasteiger partial charge in [0.25, 0.3) is 0 Å². The van der Waals surface area contributed by atoms with Crippen molar-refractivity contribution >= 4 is 20.9 Å². The molecule has 3 aromatic rings. The second-order valence-corrected chi connectivity index (χ2v) is 7.65. The molecule has 1 N–H and O–H groups in total. The fraction of sp³-hybridized carbons (Fsp3) is 0.222. The highest BCUT2D eigenvalue weighted by molar-refractivity contribution is 7.89. The molecule has 0 radical (unpaired) electrons. The monoisotopic (exact) mass is 328 g/mol. The molecule has 0 spiro atoms. The predicted molar refractivity (Wildman–Crippen MR) is 92.9 cm³/mol. The molecule has 0 unspecified atom stereocenters. The summed E-state index contributed by atoms with van der Waals surface area (Å²) in [5.41, 5.74) is 4.19. The van der Waals surface area contributed by atoms with Crippen molar-refractivity contribution < 1.29 is 8.42 Å². The second kappa shape index (κ2) is 5.83. The quantitative estimate of drug-likeness (QED) is 0.799. The smallest absolute Gasteiger partial charge is 0.240 e. The number of nitrogens with one attached hydrogen (secondary N) is 1. The average Bonchev–Trinajstić information content (AvgIpc) is 2.80. The van der Waals surface area contributed by atoms with Crippen LogP contribution in [0.2, 0.25) is 0 Å². The van der Waals surface area contributed by atoms with E-state index in [-0.39, 0.29) is 6.54 Å². The van der Waals surface area contributed by atoms with Gasteiger partial charge in [-0.15, -0.1) is 0 Å². The molecule has 0 saturated carbocycles. The van der Waals surface area contributed by atoms with Gasteiger partial charge in [-0.3, -0.25) is 0 Å². The molecule has 5 heteroatoms. The highest BCUT2D eigenvalue weighted by Crippen LogP contribution is 2.20. The van der Waals surface area contributed by atoms with Crippen molar-refractivity contribution in [2.75, 3.05) is 0 Å². The summed E-state index contributed by atoms with van der Waals surface area (Å²) in [7, 11) is -1.47. The summed E-state index contributed by atoms with van der Waals surface area (Å²) >= 11 is 0. The van der Waals surface area contributed by atoms with Gasteiger partial charge in [0.05, 0.1) is 4.90 Å². The van der Waals surface area contributed by atoms with Gasteiger partial charge in [-0.1, -0.05) is 18.2 Å². The molecule has 4 nitrogen and oxygen atoms in total. The van der Waals surface area contributed by atoms with E-state index in [1.54, 1.807) is 18.2 Å². The summed E-state index contributed by atoms with van der Waals surface area (Å²) in [6.07, 6.45) is 0. The fourth-order valence-electron chi connectivity index (χ4n) is 2.69. The van der Waals surface area contributed by atoms with Gasteiger partial charge in [0.2, 0.25) is 10.0 Å². The maximum absolute atomic E-state index is 12.4. The third-order valence-corrected chi connectivity index (χ3v) is 5.51. The number of hydrogen-bond acceptors (Lipinski definition) is 2. The second-order valence-electron chi connectivity index (χ2n) is 5.88. The molecule has 0 atom stereocenters. The Labute approximate surface area is 136 Å². The van der Waals surface area contributed by atoms with E-state index >= 15 is 0 Å². The largest absolute Gasteiger partial charge is 0.348 e. The van der Waals surface area contributed by atoms with Crippen molar-refractivity contribution in [2.45, 2.75) is 25.3 Å². The molecule has 23 heavy (non-hydrogen) atoms. The van der Waals surface area contributed by atoms with Gasteiger partial charge in [0.15, 0.2) is 0 Å². The molecule has 0 aliphatic carbocycles. The van der Waals surface area contributed by atoms with E-state index in [4.69, 9.17) is 0 Å². The lowest BCUT2D eigenvalue weighted by Crippen LogP contribution is -2.23. The van der Waals surface area contributed by atoms with Gasteiger partial charge in [-0.05, 0) is 55.3 Å². The molecular formula is C18H20N2O2S. The number of aryl methyl sites for hydroxylation is 3. The van der Waals surface area contributed by atoms with Gasteiger partial charge in [-0.25, -0.2) is 13.1 Å². The van der Waals surface area contributed by atoms with Gasteiger partial charge in [-0.2, -0.15) is 0 Å². The fourth-order valence-corrected chi connectivity index (χ4v) is 3.81. The summed E-state index contributed by atoms with van der Waals surface area (Å²) in [6, 6.07) is 15.0. The van der Waals surface area contributed by atoms with Crippen molar-refractivity contribution in [1.82, 2.24) is 9.29 Å². The molecule has 0 saturated heterocycles. The molecule has 120 valence electrons. The predicted octanol–water partition coefficient (Wildman–Crippen LogP) is 3.27. The zero-order valence-corrected chi connectivity index (χ0v) is 14.3. The number of sulfonamides is 1. The van der Waals surface area contributed by atoms with Crippen LogP contribution in [-0.2, 0) is 23.6 Å². The SMILES string of the molecule is Cc1cccc(S(=O)(=O)NCc2ccc3c(c2)cc(C)n3C)c1. The van der Waals surface area contributed by atoms with Crippen molar-refractivity contribution in [1.29, 1.82) is 0 Å². The normalized spacial score (nSPS) is 12.0. The molecule has 2 aromatic carbocycles. The number of hydrogen-bond donors (Lipinski definition) is 1. The van der Waals surface area contributed by atoms with Gasteiger partial charge in [0.1, 0.15) is 0 Å². The zero-order valence-electron chi connectivity index (χ0n) is 13.5. The summed E-state index contributed by atoms with van der Waals surface area (Å²) in [5.74, 6) is 0. The number of nitrogens with zero attached hydrogens (tertiary/aromatic N) is 1. The Bertz CT molecular complexity index is 972. The first-order valence-electron chi connectivity index (χ1n) is 7.48. The Morgan fingerprint density at radius 1 is 1.04 bits per heavy atom. The Hall–Kier alpha value is -2.11. The lowest BCUT2D eigenvalue weighted by atomic mass is 10.1. The van der Waals surface area contributed by atoms with Crippen LogP contribution >= 0.6 is 0 Å². The summed E-state index contributed by atoms with van der Waals surface area (Å²) in [4.78, 5) is 0.300. The van der Waals surface area contributed by atoms with Crippen LogP contribution in [0.25, 0.3) is 10.9 Å². The first-order valence-corrected chi connectivity index (χ1v) is 8.96. The van der Waals surface area contributed by atoms with E-state index in [2.05, 4.69) is 22.3 Å². The van der Waals surface area contributed by atoms with Crippen LogP contribution in [0.4, 0.5) is 0 Å². The summed E-state index contributed by atoms with van der Waals surface area (Å²) in [5, 5.41) is 1.12. The van der Waals surface area contributed by atoms with Crippen LogP contribution in [0.5, 0.6) is 0 Å². The van der Waals surface area contributed by atoms with Gasteiger partial charge in [0, 0.05) is 30.2 Å². The number of fused-ring (bicyclic) bond motifs is 1. The van der Waals surface area contributed by atoms with Crippen molar-refractivity contribution in [3.8, 4) is 0 Å². The highest BCUT2D eigenvalue weighted by atomic mass is 32.2. The minimum atomic E-state index is -3.49. The van der Waals surface area contributed by atoms with Crippen LogP contribution in [0, 0.1) is 13.8 Å². The standard InChI is InChI=1S/C18H20N2O2S/c1-13-5-4-6-17(9-13)23(21,22)19-12-15-7-8-18-16(11-15)10-14(2)20(18)3/h4-11,19H,12H2,1-3H3. The molecule has 0 aliphatic heterocycles. The van der Waals surface area contributed by atoms with Crippen LogP contribution in [-0.4, -0.2) is 13.0 Å². The lowest BCUT2D eigenvalue weighted by molar-refractivity contribution is 0.581. The molecule has 3 rings (SSSR count). The first kappa shape index (κ1) is 15.8. The maximum atomic E-state index is 12.4. The van der Waals surface area contributed by atoms with E-state index in [0.29, 0.717) is 4.90 Å². The minimum Gasteiger partial charge on any atom is -0.348 e. The van der Waals surface area contributed by atoms with E-state index in [1.165, 1.54) is 5.69 Å². The van der Waals surface area contributed by atoms with Crippen molar-refractivity contribution in [3.05, 3.63) is 65.4 Å². The molecule has 0 bridgehead atoms. The minimum absolute atomic E-state index is 0.278. The first-order chi connectivity index (χ1) is 10.9. The van der Waals surface area contributed by atoms with Crippen LogP contribution in [0.15, 0.2) is 53.4 Å². The Balaban J connectivity index is 1.82. The molecule has 0 amide bonds. The maximum Gasteiger partial charge on any atom is 0.240 e. The summed E-state index contributed by atoms with van der Waals surface area (Å²) in [6.45, 7) is 4.21. The molecule has 0 fully saturated rings. The van der Waals surface area contributed by atoms with Crippen LogP contribution < -0.4 is 4.72 Å². The van der Waals surface area contributed by atoms with Crippen LogP contribution in [0.1, 0.15) is 16.8 Å². The number of rotatable bonds is 4. The molecular weight excluding hydrogens is 308 g/mol. The molecule has 0 aliphatic rings. The number of benzene rings is 2. The van der Waals surface area contributed by atoms with Crippen LogP contribution in [0.3, 0.4) is 0 Å². The average molecular weight is 328 g/mol. The van der Waals surface area contributed by atoms with E-state index < -0.39 is 10.0 Å². The number of aromatic nitrogens is 1. The Morgan fingerprint density at radius 3 is 2.57 bits per heavy atom. The van der Waals surface area contributed by atoms with E-state index in [9.17, 15) is 8.42 Å². The molecule has 1 aromatic heterocycles. The van der Waals surface area contributed by atoms with Gasteiger partial charge >= 0.3 is 0 Å². The summed E-state index contributed by atoms with van der Waals surface area (Å²) < 4.78 is 29.5. The highest BCUT2D eigenvalue weighted by Gasteiger charge is 2.13. The zero-order chi connectivity index (χ0) is 16.6. The van der Waals surface area contributed by atoms with E-state index in [1.807, 2.05) is 38.2 Å². The Kier molecular flexibility index (Phi) is 4.00. The van der Waals surface area contributed by atoms with Gasteiger partial charge < -0.3 is 4.57 Å². The molecule has 1 heterocycles. The Morgan fingerprint density at radius 2 is 1.83 bits per heavy atom. The third kappa shape index (κ3) is 3.16. The lowest BCUT2D eigenvalue weighted by Gasteiger charge is -2.08.